The summed E-state index contributed by atoms with van der Waals surface area (Å²) in [6.45, 7) is 0.939. The zero-order valence-corrected chi connectivity index (χ0v) is 9.40. The van der Waals surface area contributed by atoms with Crippen molar-refractivity contribution in [3.05, 3.63) is 35.9 Å². The summed E-state index contributed by atoms with van der Waals surface area (Å²) in [5.74, 6) is 0. The van der Waals surface area contributed by atoms with Gasteiger partial charge in [-0.25, -0.2) is 0 Å². The van der Waals surface area contributed by atoms with Crippen molar-refractivity contribution in [3.63, 3.8) is 0 Å². The van der Waals surface area contributed by atoms with E-state index in [0.717, 1.165) is 13.0 Å². The maximum Gasteiger partial charge on any atom is 1.00 e. The van der Waals surface area contributed by atoms with Crippen LogP contribution in [0.2, 0.25) is 0 Å². The fraction of sp³-hybridized carbons (Fsp3) is 0.455. The van der Waals surface area contributed by atoms with E-state index in [-0.39, 0.29) is 42.3 Å². The molecular weight excluding hydrogens is 194 g/mol. The molecule has 0 aromatic heterocycles. The van der Waals surface area contributed by atoms with Crippen molar-refractivity contribution in [3.8, 4) is 0 Å². The van der Waals surface area contributed by atoms with Crippen LogP contribution in [0.25, 0.3) is 0 Å². The third-order valence-electron chi connectivity index (χ3n) is 1.94. The van der Waals surface area contributed by atoms with E-state index in [9.17, 15) is 0 Å². The van der Waals surface area contributed by atoms with Gasteiger partial charge in [0.05, 0.1) is 0 Å². The summed E-state index contributed by atoms with van der Waals surface area (Å²) in [6.07, 6.45) is 0.957. The largest absolute Gasteiger partial charge is 1.00 e. The minimum absolute atomic E-state index is 0. The van der Waals surface area contributed by atoms with Crippen LogP contribution in [-0.2, 0) is 6.42 Å². The molecule has 2 N–H and O–H groups in total. The first-order valence-electron chi connectivity index (χ1n) is 4.62. The molecule has 0 heterocycles. The van der Waals surface area contributed by atoms with Gasteiger partial charge in [-0.05, 0) is 26.1 Å². The molecule has 0 aliphatic carbocycles. The van der Waals surface area contributed by atoms with Crippen molar-refractivity contribution in [2.75, 3.05) is 20.6 Å². The second kappa shape index (κ2) is 9.49. The predicted octanol–water partition coefficient (Wildman–Crippen LogP) is -3.33. The van der Waals surface area contributed by atoms with Gasteiger partial charge < -0.3 is 10.6 Å². The molecule has 0 saturated heterocycles. The van der Waals surface area contributed by atoms with Crippen molar-refractivity contribution in [2.45, 2.75) is 12.5 Å². The summed E-state index contributed by atoms with van der Waals surface area (Å²) in [5.41, 5.74) is 7.28. The van der Waals surface area contributed by atoms with E-state index in [1.165, 1.54) is 5.56 Å². The molecule has 1 aromatic rings. The SMILES string of the molecule is CN(C)C[C@@H](N)Cc1ccccc1.[AlH4-].[Li+]. The van der Waals surface area contributed by atoms with Crippen LogP contribution in [0.4, 0.5) is 0 Å². The third kappa shape index (κ3) is 8.12. The van der Waals surface area contributed by atoms with Crippen molar-refractivity contribution in [1.82, 2.24) is 4.90 Å². The number of hydrogen-bond acceptors (Lipinski definition) is 2. The van der Waals surface area contributed by atoms with E-state index < -0.39 is 0 Å². The second-order valence-electron chi connectivity index (χ2n) is 3.71. The van der Waals surface area contributed by atoms with Gasteiger partial charge in [0.25, 0.3) is 0 Å². The fourth-order valence-corrected chi connectivity index (χ4v) is 1.45. The summed E-state index contributed by atoms with van der Waals surface area (Å²) >= 11 is 0. The summed E-state index contributed by atoms with van der Waals surface area (Å²) in [6, 6.07) is 10.6. The normalized spacial score (nSPS) is 11.5. The van der Waals surface area contributed by atoms with Gasteiger partial charge in [0, 0.05) is 29.9 Å². The van der Waals surface area contributed by atoms with Gasteiger partial charge in [-0.15, -0.1) is 0 Å². The molecule has 2 nitrogen and oxygen atoms in total. The van der Waals surface area contributed by atoms with E-state index in [2.05, 4.69) is 29.2 Å². The number of benzene rings is 1. The van der Waals surface area contributed by atoms with Gasteiger partial charge in [-0.1, -0.05) is 30.3 Å². The Morgan fingerprint density at radius 2 is 1.73 bits per heavy atom. The van der Waals surface area contributed by atoms with Crippen LogP contribution < -0.4 is 24.6 Å². The maximum absolute atomic E-state index is 5.96. The molecule has 0 spiro atoms. The standard InChI is InChI=1S/C11H18N2.Al.Li.4H/c1-13(2)9-11(12)8-10-6-4-3-5-7-10;;;;;;/h3-7,11H,8-9,12H2,1-2H3;;;;;;/q;-1;+1;;;;/t11-;;;;;;/m0....../s1. The van der Waals surface area contributed by atoms with Crippen molar-refractivity contribution in [1.29, 1.82) is 0 Å². The zero-order valence-electron chi connectivity index (χ0n) is 9.40. The van der Waals surface area contributed by atoms with E-state index >= 15 is 0 Å². The van der Waals surface area contributed by atoms with Crippen LogP contribution in [0.1, 0.15) is 5.56 Å². The molecule has 80 valence electrons. The molecule has 1 rings (SSSR count). The molecule has 0 fully saturated rings. The minimum atomic E-state index is 0. The number of hydrogen-bond donors (Lipinski definition) is 1. The van der Waals surface area contributed by atoms with Crippen molar-refractivity contribution < 1.29 is 18.9 Å². The van der Waals surface area contributed by atoms with Crippen LogP contribution in [0.15, 0.2) is 30.3 Å². The van der Waals surface area contributed by atoms with Crippen LogP contribution in [0, 0.1) is 0 Å². The van der Waals surface area contributed by atoms with Crippen molar-refractivity contribution >= 4 is 17.4 Å². The molecule has 0 aliphatic rings. The molecule has 0 amide bonds. The second-order valence-corrected chi connectivity index (χ2v) is 3.71. The van der Waals surface area contributed by atoms with Crippen LogP contribution in [0.5, 0.6) is 0 Å². The number of nitrogens with zero attached hydrogens (tertiary/aromatic N) is 1. The Labute approximate surface area is 116 Å². The first-order chi connectivity index (χ1) is 6.18. The molecule has 0 radical (unpaired) electrons. The molecule has 0 saturated carbocycles. The van der Waals surface area contributed by atoms with E-state index in [4.69, 9.17) is 5.73 Å². The smallest absolute Gasteiger partial charge is 0.326 e. The molecular formula is C11H22AlLiN2. The van der Waals surface area contributed by atoms with E-state index in [1.807, 2.05) is 20.2 Å². The number of likely N-dealkylation sites (N-methyl/N-ethyl adjacent to an activating group) is 1. The Bertz CT molecular complexity index is 242. The van der Waals surface area contributed by atoms with E-state index in [1.54, 1.807) is 0 Å². The third-order valence-corrected chi connectivity index (χ3v) is 1.94. The van der Waals surface area contributed by atoms with Crippen molar-refractivity contribution in [2.24, 2.45) is 5.73 Å². The molecule has 0 unspecified atom stereocenters. The number of nitrogens with two attached hydrogens (primary N) is 1. The minimum Gasteiger partial charge on any atom is -0.326 e. The average molecular weight is 216 g/mol. The van der Waals surface area contributed by atoms with Gasteiger partial charge in [0.2, 0.25) is 0 Å². The molecule has 1 atom stereocenters. The summed E-state index contributed by atoms with van der Waals surface area (Å²) in [5, 5.41) is 0. The summed E-state index contributed by atoms with van der Waals surface area (Å²) < 4.78 is 0. The maximum atomic E-state index is 5.96. The first kappa shape index (κ1) is 17.7. The van der Waals surface area contributed by atoms with Gasteiger partial charge in [0.1, 0.15) is 0 Å². The van der Waals surface area contributed by atoms with Crippen LogP contribution in [-0.4, -0.2) is 48.9 Å². The van der Waals surface area contributed by atoms with Gasteiger partial charge >= 0.3 is 18.9 Å². The summed E-state index contributed by atoms with van der Waals surface area (Å²) in [7, 11) is 4.09. The molecule has 1 aromatic carbocycles. The zero-order chi connectivity index (χ0) is 9.68. The Morgan fingerprint density at radius 1 is 1.20 bits per heavy atom. The average Bonchev–Trinajstić information content (AvgIpc) is 2.04. The number of rotatable bonds is 4. The quantitative estimate of drug-likeness (QED) is 0.534. The van der Waals surface area contributed by atoms with Gasteiger partial charge in [-0.2, -0.15) is 0 Å². The Hall–Kier alpha value is 0.270. The van der Waals surface area contributed by atoms with E-state index in [0.29, 0.717) is 0 Å². The monoisotopic (exact) mass is 216 g/mol. The molecule has 0 bridgehead atoms. The Morgan fingerprint density at radius 3 is 2.20 bits per heavy atom. The molecule has 15 heavy (non-hydrogen) atoms. The van der Waals surface area contributed by atoms with Crippen LogP contribution >= 0.6 is 0 Å². The van der Waals surface area contributed by atoms with Gasteiger partial charge in [-0.3, -0.25) is 0 Å². The summed E-state index contributed by atoms with van der Waals surface area (Å²) in [4.78, 5) is 2.12. The first-order valence-corrected chi connectivity index (χ1v) is 4.62. The predicted molar refractivity (Wildman–Crippen MR) is 68.0 cm³/mol. The Balaban J connectivity index is 0. The van der Waals surface area contributed by atoms with Crippen LogP contribution in [0.3, 0.4) is 0 Å². The molecule has 4 heteroatoms. The van der Waals surface area contributed by atoms with Gasteiger partial charge in [0.15, 0.2) is 0 Å². The topological polar surface area (TPSA) is 29.3 Å². The Kier molecular flexibility index (Phi) is 11.2. The fourth-order valence-electron chi connectivity index (χ4n) is 1.45. The molecule has 0 aliphatic heterocycles.